The summed E-state index contributed by atoms with van der Waals surface area (Å²) in [5.74, 6) is 0.344. The lowest BCUT2D eigenvalue weighted by Crippen LogP contribution is -2.47. The van der Waals surface area contributed by atoms with Crippen LogP contribution in [0.4, 0.5) is 0 Å². The van der Waals surface area contributed by atoms with Crippen molar-refractivity contribution in [2.75, 3.05) is 26.2 Å². The topological polar surface area (TPSA) is 35.6 Å². The van der Waals surface area contributed by atoms with Crippen molar-refractivity contribution in [3.63, 3.8) is 0 Å². The number of hydrogen-bond acceptors (Lipinski definition) is 3. The summed E-state index contributed by atoms with van der Waals surface area (Å²) in [4.78, 5) is 17.0. The van der Waals surface area contributed by atoms with Crippen molar-refractivity contribution in [1.82, 2.24) is 15.1 Å². The molecule has 3 fully saturated rings. The molecule has 2 aliphatic heterocycles. The number of carbonyl (C=O) groups is 1. The maximum atomic E-state index is 12.4. The van der Waals surface area contributed by atoms with E-state index in [0.717, 1.165) is 19.5 Å². The van der Waals surface area contributed by atoms with Crippen molar-refractivity contribution in [3.8, 4) is 0 Å². The summed E-state index contributed by atoms with van der Waals surface area (Å²) in [6.07, 6.45) is 7.54. The summed E-state index contributed by atoms with van der Waals surface area (Å²) in [6.45, 7) is 6.65. The third-order valence-corrected chi connectivity index (χ3v) is 4.76. The molecule has 1 N–H and O–H groups in total. The first-order valence-corrected chi connectivity index (χ1v) is 8.03. The van der Waals surface area contributed by atoms with Gasteiger partial charge in [0.05, 0.1) is 6.04 Å². The van der Waals surface area contributed by atoms with E-state index >= 15 is 0 Å². The van der Waals surface area contributed by atoms with E-state index in [4.69, 9.17) is 0 Å². The van der Waals surface area contributed by atoms with E-state index < -0.39 is 0 Å². The largest absolute Gasteiger partial charge is 0.337 e. The van der Waals surface area contributed by atoms with Crippen molar-refractivity contribution < 1.29 is 4.79 Å². The molecule has 0 aromatic rings. The molecule has 0 bridgehead atoms. The lowest BCUT2D eigenvalue weighted by molar-refractivity contribution is -0.131. The molecule has 2 saturated heterocycles. The fourth-order valence-electron chi connectivity index (χ4n) is 3.44. The Kier molecular flexibility index (Phi) is 4.08. The van der Waals surface area contributed by atoms with Gasteiger partial charge in [0.1, 0.15) is 0 Å². The highest BCUT2D eigenvalue weighted by molar-refractivity contribution is 5.84. The Morgan fingerprint density at radius 2 is 1.89 bits per heavy atom. The molecule has 2 unspecified atom stereocenters. The molecule has 1 aliphatic carbocycles. The van der Waals surface area contributed by atoms with Crippen LogP contribution in [-0.4, -0.2) is 60.0 Å². The summed E-state index contributed by atoms with van der Waals surface area (Å²) in [5, 5.41) is 3.49. The average molecular weight is 265 g/mol. The second-order valence-corrected chi connectivity index (χ2v) is 6.52. The second-order valence-electron chi connectivity index (χ2n) is 6.52. The van der Waals surface area contributed by atoms with Gasteiger partial charge in [-0.25, -0.2) is 0 Å². The third-order valence-electron chi connectivity index (χ3n) is 4.76. The van der Waals surface area contributed by atoms with Crippen LogP contribution >= 0.6 is 0 Å². The molecule has 4 nitrogen and oxygen atoms in total. The van der Waals surface area contributed by atoms with Crippen molar-refractivity contribution in [1.29, 1.82) is 0 Å². The molecular formula is C15H27N3O. The van der Waals surface area contributed by atoms with E-state index in [1.807, 2.05) is 0 Å². The highest BCUT2D eigenvalue weighted by atomic mass is 16.2. The molecule has 1 saturated carbocycles. The van der Waals surface area contributed by atoms with Crippen LogP contribution in [0, 0.1) is 0 Å². The van der Waals surface area contributed by atoms with Crippen LogP contribution in [0.3, 0.4) is 0 Å². The van der Waals surface area contributed by atoms with Gasteiger partial charge in [-0.1, -0.05) is 6.42 Å². The number of nitrogens with zero attached hydrogens (tertiary/aromatic N) is 2. The number of amides is 1. The number of hydrogen-bond donors (Lipinski definition) is 1. The molecule has 0 radical (unpaired) electrons. The summed E-state index contributed by atoms with van der Waals surface area (Å²) in [6, 6.07) is 1.11. The molecule has 2 heterocycles. The summed E-state index contributed by atoms with van der Waals surface area (Å²) in [5.41, 5.74) is 0. The molecule has 2 atom stereocenters. The predicted octanol–water partition coefficient (Wildman–Crippen LogP) is 1.21. The number of likely N-dealkylation sites (tertiary alicyclic amines) is 2. The van der Waals surface area contributed by atoms with Gasteiger partial charge in [0.25, 0.3) is 0 Å². The van der Waals surface area contributed by atoms with E-state index in [0.29, 0.717) is 18.0 Å². The van der Waals surface area contributed by atoms with Crippen LogP contribution in [0.1, 0.15) is 45.4 Å². The molecule has 0 aromatic heterocycles. The monoisotopic (exact) mass is 265 g/mol. The normalized spacial score (nSPS) is 30.9. The predicted molar refractivity (Wildman–Crippen MR) is 76.0 cm³/mol. The van der Waals surface area contributed by atoms with Gasteiger partial charge in [-0.2, -0.15) is 0 Å². The first-order chi connectivity index (χ1) is 9.24. The molecule has 4 heteroatoms. The first kappa shape index (κ1) is 13.4. The molecule has 19 heavy (non-hydrogen) atoms. The van der Waals surface area contributed by atoms with Gasteiger partial charge >= 0.3 is 0 Å². The van der Waals surface area contributed by atoms with Gasteiger partial charge in [-0.15, -0.1) is 0 Å². The zero-order chi connectivity index (χ0) is 13.2. The van der Waals surface area contributed by atoms with Crippen LogP contribution in [0.5, 0.6) is 0 Å². The summed E-state index contributed by atoms with van der Waals surface area (Å²) < 4.78 is 0. The van der Waals surface area contributed by atoms with E-state index in [9.17, 15) is 4.79 Å². The minimum Gasteiger partial charge on any atom is -0.337 e. The van der Waals surface area contributed by atoms with Gasteiger partial charge in [0.15, 0.2) is 0 Å². The number of nitrogens with one attached hydrogen (secondary N) is 1. The number of piperidine rings is 1. The van der Waals surface area contributed by atoms with E-state index in [2.05, 4.69) is 22.0 Å². The van der Waals surface area contributed by atoms with Crippen LogP contribution in [0.15, 0.2) is 0 Å². The number of carbonyl (C=O) groups excluding carboxylic acids is 1. The van der Waals surface area contributed by atoms with Gasteiger partial charge in [0, 0.05) is 25.2 Å². The third kappa shape index (κ3) is 3.29. The quantitative estimate of drug-likeness (QED) is 0.812. The zero-order valence-corrected chi connectivity index (χ0v) is 12.1. The average Bonchev–Trinajstić information content (AvgIpc) is 3.15. The Morgan fingerprint density at radius 1 is 1.16 bits per heavy atom. The second kappa shape index (κ2) is 5.80. The maximum Gasteiger partial charge on any atom is 0.240 e. The van der Waals surface area contributed by atoms with Crippen molar-refractivity contribution >= 4 is 5.91 Å². The maximum absolute atomic E-state index is 12.4. The van der Waals surface area contributed by atoms with Crippen molar-refractivity contribution in [3.05, 3.63) is 0 Å². The highest BCUT2D eigenvalue weighted by Gasteiger charge is 2.37. The Hall–Kier alpha value is -0.610. The Bertz CT molecular complexity index is 323. The molecule has 108 valence electrons. The van der Waals surface area contributed by atoms with E-state index in [1.165, 1.54) is 45.2 Å². The van der Waals surface area contributed by atoms with Gasteiger partial charge in [-0.3, -0.25) is 4.79 Å². The van der Waals surface area contributed by atoms with E-state index in [1.54, 1.807) is 0 Å². The Balaban J connectivity index is 1.48. The first-order valence-electron chi connectivity index (χ1n) is 8.03. The Labute approximate surface area is 116 Å². The SMILES string of the molecule is CC(CN1CCCCC1)N1CCC(NC2CC2)C1=O. The van der Waals surface area contributed by atoms with Crippen LogP contribution in [-0.2, 0) is 4.79 Å². The molecular weight excluding hydrogens is 238 g/mol. The highest BCUT2D eigenvalue weighted by Crippen LogP contribution is 2.23. The summed E-state index contributed by atoms with van der Waals surface area (Å²) in [7, 11) is 0. The van der Waals surface area contributed by atoms with Gasteiger partial charge < -0.3 is 15.1 Å². The Morgan fingerprint density at radius 3 is 2.58 bits per heavy atom. The standard InChI is InChI=1S/C15H27N3O/c1-12(11-17-8-3-2-4-9-17)18-10-7-14(15(18)19)16-13-5-6-13/h12-14,16H,2-11H2,1H3. The van der Waals surface area contributed by atoms with E-state index in [-0.39, 0.29) is 6.04 Å². The van der Waals surface area contributed by atoms with Crippen LogP contribution < -0.4 is 5.32 Å². The molecule has 0 aromatic carbocycles. The van der Waals surface area contributed by atoms with Crippen molar-refractivity contribution in [2.45, 2.75) is 63.6 Å². The molecule has 3 rings (SSSR count). The number of rotatable bonds is 5. The molecule has 1 amide bonds. The lowest BCUT2D eigenvalue weighted by atomic mass is 10.1. The fraction of sp³-hybridized carbons (Fsp3) is 0.933. The zero-order valence-electron chi connectivity index (χ0n) is 12.1. The molecule has 0 spiro atoms. The van der Waals surface area contributed by atoms with Crippen LogP contribution in [0.2, 0.25) is 0 Å². The van der Waals surface area contributed by atoms with Crippen molar-refractivity contribution in [2.24, 2.45) is 0 Å². The lowest BCUT2D eigenvalue weighted by Gasteiger charge is -2.33. The fourth-order valence-corrected chi connectivity index (χ4v) is 3.44. The van der Waals surface area contributed by atoms with Crippen LogP contribution in [0.25, 0.3) is 0 Å². The van der Waals surface area contributed by atoms with Gasteiger partial charge in [0.2, 0.25) is 5.91 Å². The minimum absolute atomic E-state index is 0.108. The van der Waals surface area contributed by atoms with Gasteiger partial charge in [-0.05, 0) is 52.1 Å². The molecule has 3 aliphatic rings. The minimum atomic E-state index is 0.108. The summed E-state index contributed by atoms with van der Waals surface area (Å²) >= 11 is 0. The smallest absolute Gasteiger partial charge is 0.240 e.